The number of likely N-dealkylation sites (N-methyl/N-ethyl adjacent to an activating group) is 1. The van der Waals surface area contributed by atoms with Gasteiger partial charge in [-0.3, -0.25) is 9.59 Å². The minimum atomic E-state index is -0.329. The lowest BCUT2D eigenvalue weighted by Gasteiger charge is -2.27. The molecule has 0 unspecified atom stereocenters. The number of carbonyl (C=O) groups is 1. The van der Waals surface area contributed by atoms with Gasteiger partial charge in [-0.25, -0.2) is 14.4 Å². The molecule has 0 N–H and O–H groups in total. The maximum atomic E-state index is 13.8. The number of carbonyl (C=O) groups excluding carboxylic acids is 1. The number of rotatable bonds is 13. The summed E-state index contributed by atoms with van der Waals surface area (Å²) in [5.41, 5.74) is 3.97. The third-order valence-electron chi connectivity index (χ3n) is 7.04. The van der Waals surface area contributed by atoms with Crippen LogP contribution in [0.15, 0.2) is 77.1 Å². The molecule has 4 aromatic rings. The van der Waals surface area contributed by atoms with E-state index < -0.39 is 0 Å². The standard InChI is InChI=1S/C32H37FN6O2S/c1-5-37(6-2)15-16-38(20-26-17-34-30(35-18-26)27-11-7-23(3)8-12-27)29(40)21-39-19-24(4)31(41)36-32(39)42-22-25-9-13-28(33)14-10-25/h7-14,17-19H,5-6,15-16,20-22H2,1-4H3. The molecule has 8 nitrogen and oxygen atoms in total. The van der Waals surface area contributed by atoms with Crippen molar-refractivity contribution in [2.24, 2.45) is 0 Å². The summed E-state index contributed by atoms with van der Waals surface area (Å²) >= 11 is 1.34. The van der Waals surface area contributed by atoms with E-state index in [2.05, 4.69) is 33.7 Å². The summed E-state index contributed by atoms with van der Waals surface area (Å²) in [6.07, 6.45) is 5.23. The summed E-state index contributed by atoms with van der Waals surface area (Å²) in [6.45, 7) is 11.4. The van der Waals surface area contributed by atoms with Crippen LogP contribution in [0.3, 0.4) is 0 Å². The van der Waals surface area contributed by atoms with E-state index >= 15 is 0 Å². The molecule has 0 aliphatic heterocycles. The largest absolute Gasteiger partial charge is 0.335 e. The van der Waals surface area contributed by atoms with Gasteiger partial charge in [0.1, 0.15) is 12.4 Å². The van der Waals surface area contributed by atoms with Crippen LogP contribution >= 0.6 is 11.8 Å². The topological polar surface area (TPSA) is 84.2 Å². The molecule has 0 fully saturated rings. The van der Waals surface area contributed by atoms with Gasteiger partial charge in [0.05, 0.1) is 0 Å². The molecule has 0 atom stereocenters. The lowest BCUT2D eigenvalue weighted by molar-refractivity contribution is -0.132. The lowest BCUT2D eigenvalue weighted by atomic mass is 10.1. The fourth-order valence-electron chi connectivity index (χ4n) is 4.39. The third-order valence-corrected chi connectivity index (χ3v) is 8.10. The van der Waals surface area contributed by atoms with Gasteiger partial charge in [-0.2, -0.15) is 4.98 Å². The number of halogens is 1. The Balaban J connectivity index is 1.53. The number of aromatic nitrogens is 4. The summed E-state index contributed by atoms with van der Waals surface area (Å²) in [5, 5.41) is 0.442. The molecule has 0 aliphatic rings. The van der Waals surface area contributed by atoms with Crippen molar-refractivity contribution < 1.29 is 9.18 Å². The second kappa shape index (κ2) is 14.8. The number of aryl methyl sites for hydroxylation is 2. The van der Waals surface area contributed by atoms with Crippen LogP contribution in [0.25, 0.3) is 11.4 Å². The Bertz CT molecular complexity index is 1520. The Morgan fingerprint density at radius 1 is 0.929 bits per heavy atom. The number of amides is 1. The molecular weight excluding hydrogens is 551 g/mol. The molecule has 2 aromatic carbocycles. The molecule has 0 saturated heterocycles. The fourth-order valence-corrected chi connectivity index (χ4v) is 5.31. The van der Waals surface area contributed by atoms with E-state index in [0.717, 1.165) is 36.3 Å². The fraction of sp³-hybridized carbons (Fsp3) is 0.344. The third kappa shape index (κ3) is 8.56. The first kappa shape index (κ1) is 31.1. The van der Waals surface area contributed by atoms with Crippen LogP contribution in [0, 0.1) is 19.7 Å². The quantitative estimate of drug-likeness (QED) is 0.158. The number of benzene rings is 2. The van der Waals surface area contributed by atoms with Gasteiger partial charge in [0, 0.05) is 60.7 Å². The van der Waals surface area contributed by atoms with Crippen molar-refractivity contribution in [1.29, 1.82) is 0 Å². The molecule has 2 heterocycles. The Kier molecular flexibility index (Phi) is 11.0. The smallest absolute Gasteiger partial charge is 0.276 e. The van der Waals surface area contributed by atoms with Crippen molar-refractivity contribution in [3.8, 4) is 11.4 Å². The van der Waals surface area contributed by atoms with Crippen molar-refractivity contribution >= 4 is 17.7 Å². The molecule has 0 radical (unpaired) electrons. The summed E-state index contributed by atoms with van der Waals surface area (Å²) in [4.78, 5) is 43.6. The SMILES string of the molecule is CCN(CC)CCN(Cc1cnc(-c2ccc(C)cc2)nc1)C(=O)Cn1cc(C)c(=O)nc1SCc1ccc(F)cc1. The molecule has 2 aromatic heterocycles. The average Bonchev–Trinajstić information content (AvgIpc) is 2.99. The molecule has 220 valence electrons. The van der Waals surface area contributed by atoms with E-state index in [1.165, 1.54) is 29.5 Å². The summed E-state index contributed by atoms with van der Waals surface area (Å²) in [7, 11) is 0. The first-order valence-corrected chi connectivity index (χ1v) is 15.1. The van der Waals surface area contributed by atoms with E-state index in [1.807, 2.05) is 36.1 Å². The molecule has 1 amide bonds. The summed E-state index contributed by atoms with van der Waals surface area (Å²) in [6, 6.07) is 14.3. The highest BCUT2D eigenvalue weighted by atomic mass is 32.2. The van der Waals surface area contributed by atoms with E-state index in [4.69, 9.17) is 0 Å². The Morgan fingerprint density at radius 2 is 1.60 bits per heavy atom. The molecule has 0 spiro atoms. The van der Waals surface area contributed by atoms with Crippen LogP contribution in [0.2, 0.25) is 0 Å². The van der Waals surface area contributed by atoms with Crippen LogP contribution < -0.4 is 5.56 Å². The minimum absolute atomic E-state index is 0.0282. The highest BCUT2D eigenvalue weighted by Gasteiger charge is 2.19. The number of hydrogen-bond acceptors (Lipinski definition) is 7. The second-order valence-corrected chi connectivity index (χ2v) is 11.1. The summed E-state index contributed by atoms with van der Waals surface area (Å²) < 4.78 is 15.1. The van der Waals surface area contributed by atoms with Crippen molar-refractivity contribution in [1.82, 2.24) is 29.3 Å². The van der Waals surface area contributed by atoms with Gasteiger partial charge in [0.15, 0.2) is 11.0 Å². The number of thioether (sulfide) groups is 1. The van der Waals surface area contributed by atoms with E-state index in [1.54, 1.807) is 42.2 Å². The first-order valence-electron chi connectivity index (χ1n) is 14.1. The van der Waals surface area contributed by atoms with Gasteiger partial charge >= 0.3 is 0 Å². The van der Waals surface area contributed by atoms with Gasteiger partial charge in [0.25, 0.3) is 5.56 Å². The molecule has 4 rings (SSSR count). The zero-order chi connectivity index (χ0) is 30.1. The van der Waals surface area contributed by atoms with Crippen LogP contribution in [-0.2, 0) is 23.6 Å². The zero-order valence-corrected chi connectivity index (χ0v) is 25.4. The van der Waals surface area contributed by atoms with Gasteiger partial charge in [-0.05, 0) is 44.6 Å². The lowest BCUT2D eigenvalue weighted by Crippen LogP contribution is -2.40. The highest BCUT2D eigenvalue weighted by Crippen LogP contribution is 2.21. The van der Waals surface area contributed by atoms with Gasteiger partial charge < -0.3 is 14.4 Å². The minimum Gasteiger partial charge on any atom is -0.335 e. The molecule has 0 aliphatic carbocycles. The average molecular weight is 589 g/mol. The van der Waals surface area contributed by atoms with Crippen LogP contribution in [-0.4, -0.2) is 61.4 Å². The Hall–Kier alpha value is -3.89. The van der Waals surface area contributed by atoms with Crippen molar-refractivity contribution in [2.75, 3.05) is 26.2 Å². The van der Waals surface area contributed by atoms with E-state index in [9.17, 15) is 14.0 Å². The normalized spacial score (nSPS) is 11.2. The maximum Gasteiger partial charge on any atom is 0.276 e. The Morgan fingerprint density at radius 3 is 2.24 bits per heavy atom. The van der Waals surface area contributed by atoms with Crippen LogP contribution in [0.1, 0.15) is 36.1 Å². The van der Waals surface area contributed by atoms with Crippen molar-refractivity contribution in [3.05, 3.63) is 106 Å². The predicted molar refractivity (Wildman–Crippen MR) is 165 cm³/mol. The Labute approximate surface area is 250 Å². The van der Waals surface area contributed by atoms with Crippen molar-refractivity contribution in [2.45, 2.75) is 51.7 Å². The zero-order valence-electron chi connectivity index (χ0n) is 24.6. The van der Waals surface area contributed by atoms with E-state index in [0.29, 0.717) is 35.4 Å². The molecule has 0 bridgehead atoms. The molecule has 10 heteroatoms. The molecular formula is C32H37FN6O2S. The van der Waals surface area contributed by atoms with Gasteiger partial charge in [-0.15, -0.1) is 0 Å². The maximum absolute atomic E-state index is 13.8. The number of nitrogens with zero attached hydrogens (tertiary/aromatic N) is 6. The summed E-state index contributed by atoms with van der Waals surface area (Å²) in [5.74, 6) is 0.718. The monoisotopic (exact) mass is 588 g/mol. The predicted octanol–water partition coefficient (Wildman–Crippen LogP) is 5.12. The van der Waals surface area contributed by atoms with Crippen molar-refractivity contribution in [3.63, 3.8) is 0 Å². The van der Waals surface area contributed by atoms with Crippen LogP contribution in [0.4, 0.5) is 4.39 Å². The molecule has 42 heavy (non-hydrogen) atoms. The van der Waals surface area contributed by atoms with E-state index in [-0.39, 0.29) is 23.8 Å². The first-order chi connectivity index (χ1) is 20.2. The highest BCUT2D eigenvalue weighted by molar-refractivity contribution is 7.98. The van der Waals surface area contributed by atoms with Gasteiger partial charge in [0.2, 0.25) is 5.91 Å². The van der Waals surface area contributed by atoms with Gasteiger partial charge in [-0.1, -0.05) is 67.6 Å². The second-order valence-electron chi connectivity index (χ2n) is 10.2. The van der Waals surface area contributed by atoms with Crippen LogP contribution in [0.5, 0.6) is 0 Å². The number of hydrogen-bond donors (Lipinski definition) is 0. The molecule has 0 saturated carbocycles.